The molecular weight excluding hydrogens is 517 g/mol. The van der Waals surface area contributed by atoms with Gasteiger partial charge in [0.2, 0.25) is 0 Å². The van der Waals surface area contributed by atoms with Gasteiger partial charge in [-0.15, -0.1) is 0 Å². The summed E-state index contributed by atoms with van der Waals surface area (Å²) >= 11 is 7.33. The Bertz CT molecular complexity index is 1330. The van der Waals surface area contributed by atoms with Gasteiger partial charge in [-0.2, -0.15) is 0 Å². The zero-order valence-corrected chi connectivity index (χ0v) is 21.9. The molecule has 1 heterocycles. The van der Waals surface area contributed by atoms with E-state index < -0.39 is 5.91 Å². The van der Waals surface area contributed by atoms with E-state index in [0.717, 1.165) is 22.2 Å². The van der Waals surface area contributed by atoms with E-state index in [1.54, 1.807) is 36.4 Å². The highest BCUT2D eigenvalue weighted by Crippen LogP contribution is 2.39. The second kappa shape index (κ2) is 12.2. The first-order chi connectivity index (χ1) is 17.9. The molecule has 0 aliphatic carbocycles. The Balaban J connectivity index is 1.46. The number of benzene rings is 3. The van der Waals surface area contributed by atoms with Gasteiger partial charge >= 0.3 is 0 Å². The van der Waals surface area contributed by atoms with Gasteiger partial charge in [0.25, 0.3) is 11.1 Å². The van der Waals surface area contributed by atoms with Gasteiger partial charge in [0.15, 0.2) is 11.5 Å². The van der Waals surface area contributed by atoms with Crippen LogP contribution in [0.5, 0.6) is 17.2 Å². The molecule has 0 saturated carbocycles. The highest BCUT2D eigenvalue weighted by molar-refractivity contribution is 8.18. The summed E-state index contributed by atoms with van der Waals surface area (Å²) in [7, 11) is 0. The van der Waals surface area contributed by atoms with Gasteiger partial charge < -0.3 is 14.2 Å². The number of aryl methyl sites for hydroxylation is 1. The molecule has 0 atom stereocenters. The molecule has 0 N–H and O–H groups in total. The summed E-state index contributed by atoms with van der Waals surface area (Å²) in [5, 5.41) is -0.135. The molecule has 3 aromatic rings. The summed E-state index contributed by atoms with van der Waals surface area (Å²) < 4.78 is 31.1. The maximum absolute atomic E-state index is 14.0. The van der Waals surface area contributed by atoms with Crippen LogP contribution in [0.15, 0.2) is 65.6 Å². The van der Waals surface area contributed by atoms with E-state index in [-0.39, 0.29) is 46.5 Å². The van der Waals surface area contributed by atoms with Crippen molar-refractivity contribution in [2.75, 3.05) is 19.8 Å². The van der Waals surface area contributed by atoms with Crippen molar-refractivity contribution in [1.82, 2.24) is 4.90 Å². The van der Waals surface area contributed by atoms with Gasteiger partial charge in [-0.25, -0.2) is 4.39 Å². The lowest BCUT2D eigenvalue weighted by atomic mass is 10.1. The third-order valence-corrected chi connectivity index (χ3v) is 6.63. The molecule has 0 aromatic heterocycles. The summed E-state index contributed by atoms with van der Waals surface area (Å²) in [6.07, 6.45) is 1.58. The number of halogens is 2. The number of hydrogen-bond acceptors (Lipinski definition) is 6. The average Bonchev–Trinajstić information content (AvgIpc) is 3.13. The molecule has 1 saturated heterocycles. The molecule has 1 fully saturated rings. The number of carbonyl (C=O) groups excluding carboxylic acids is 2. The van der Waals surface area contributed by atoms with Crippen LogP contribution in [0.25, 0.3) is 6.08 Å². The van der Waals surface area contributed by atoms with Crippen molar-refractivity contribution >= 4 is 40.6 Å². The molecule has 6 nitrogen and oxygen atoms in total. The summed E-state index contributed by atoms with van der Waals surface area (Å²) in [5.74, 6) is 0.502. The predicted octanol–water partition coefficient (Wildman–Crippen LogP) is 6.88. The van der Waals surface area contributed by atoms with Gasteiger partial charge in [-0.3, -0.25) is 14.5 Å². The van der Waals surface area contributed by atoms with Crippen LogP contribution < -0.4 is 14.2 Å². The van der Waals surface area contributed by atoms with Crippen molar-refractivity contribution in [3.63, 3.8) is 0 Å². The van der Waals surface area contributed by atoms with Gasteiger partial charge in [0, 0.05) is 5.56 Å². The number of hydrogen-bond donors (Lipinski definition) is 0. The summed E-state index contributed by atoms with van der Waals surface area (Å²) in [5.41, 5.74) is 2.05. The van der Waals surface area contributed by atoms with Gasteiger partial charge in [0.1, 0.15) is 24.8 Å². The first-order valence-electron chi connectivity index (χ1n) is 11.6. The van der Waals surface area contributed by atoms with Gasteiger partial charge in [-0.05, 0) is 67.6 Å². The molecule has 2 amide bonds. The third-order valence-electron chi connectivity index (χ3n) is 5.44. The van der Waals surface area contributed by atoms with Crippen molar-refractivity contribution in [2.24, 2.45) is 0 Å². The second-order valence-electron chi connectivity index (χ2n) is 8.14. The Hall–Kier alpha value is -3.49. The largest absolute Gasteiger partial charge is 0.492 e. The molecule has 192 valence electrons. The van der Waals surface area contributed by atoms with E-state index in [9.17, 15) is 14.0 Å². The van der Waals surface area contributed by atoms with Crippen molar-refractivity contribution in [3.05, 3.63) is 93.1 Å². The van der Waals surface area contributed by atoms with Crippen molar-refractivity contribution < 1.29 is 28.2 Å². The van der Waals surface area contributed by atoms with Crippen LogP contribution in [0.4, 0.5) is 9.18 Å². The molecule has 0 spiro atoms. The number of carbonyl (C=O) groups is 2. The Morgan fingerprint density at radius 2 is 1.78 bits per heavy atom. The van der Waals surface area contributed by atoms with E-state index in [2.05, 4.69) is 0 Å². The van der Waals surface area contributed by atoms with Crippen LogP contribution in [-0.4, -0.2) is 35.8 Å². The molecule has 0 radical (unpaired) electrons. The first kappa shape index (κ1) is 26.6. The molecule has 1 aliphatic heterocycles. The van der Waals surface area contributed by atoms with Gasteiger partial charge in [-0.1, -0.05) is 47.5 Å². The number of ether oxygens (including phenoxy) is 3. The molecule has 9 heteroatoms. The van der Waals surface area contributed by atoms with Crippen molar-refractivity contribution in [2.45, 2.75) is 20.5 Å². The normalized spacial score (nSPS) is 14.4. The maximum atomic E-state index is 14.0. The monoisotopic (exact) mass is 541 g/mol. The predicted molar refractivity (Wildman–Crippen MR) is 143 cm³/mol. The Labute approximate surface area is 224 Å². The minimum absolute atomic E-state index is 0.0324. The molecule has 0 unspecified atom stereocenters. The maximum Gasteiger partial charge on any atom is 0.293 e. The van der Waals surface area contributed by atoms with E-state index in [4.69, 9.17) is 25.8 Å². The smallest absolute Gasteiger partial charge is 0.293 e. The summed E-state index contributed by atoms with van der Waals surface area (Å²) in [6, 6.07) is 17.1. The fraction of sp³-hybridized carbons (Fsp3) is 0.214. The Kier molecular flexibility index (Phi) is 8.74. The first-order valence-corrected chi connectivity index (χ1v) is 12.8. The molecule has 37 heavy (non-hydrogen) atoms. The number of imide groups is 1. The van der Waals surface area contributed by atoms with Crippen LogP contribution in [0, 0.1) is 12.7 Å². The lowest BCUT2D eigenvalue weighted by Crippen LogP contribution is -2.32. The van der Waals surface area contributed by atoms with Crippen molar-refractivity contribution in [1.29, 1.82) is 0 Å². The summed E-state index contributed by atoms with van der Waals surface area (Å²) in [4.78, 5) is 26.8. The fourth-order valence-corrected chi connectivity index (χ4v) is 4.71. The zero-order valence-electron chi connectivity index (χ0n) is 20.3. The number of nitrogens with zero attached hydrogens (tertiary/aromatic N) is 1. The van der Waals surface area contributed by atoms with Crippen LogP contribution in [0.1, 0.15) is 23.6 Å². The summed E-state index contributed by atoms with van der Waals surface area (Å²) in [6.45, 7) is 4.41. The van der Waals surface area contributed by atoms with E-state index >= 15 is 0 Å². The second-order valence-corrected chi connectivity index (χ2v) is 9.54. The number of rotatable bonds is 10. The molecule has 1 aliphatic rings. The van der Waals surface area contributed by atoms with Crippen LogP contribution in [-0.2, 0) is 11.4 Å². The van der Waals surface area contributed by atoms with Crippen LogP contribution >= 0.6 is 23.4 Å². The van der Waals surface area contributed by atoms with E-state index in [1.165, 1.54) is 6.07 Å². The van der Waals surface area contributed by atoms with E-state index in [1.807, 2.05) is 38.1 Å². The minimum atomic E-state index is -0.406. The van der Waals surface area contributed by atoms with Crippen LogP contribution in [0.2, 0.25) is 5.02 Å². The molecule has 4 rings (SSSR count). The fourth-order valence-electron chi connectivity index (χ4n) is 3.57. The lowest BCUT2D eigenvalue weighted by molar-refractivity contribution is -0.123. The molecular formula is C28H25ClFNO5S. The number of amides is 2. The van der Waals surface area contributed by atoms with Gasteiger partial charge in [0.05, 0.1) is 23.1 Å². The highest BCUT2D eigenvalue weighted by atomic mass is 35.5. The van der Waals surface area contributed by atoms with E-state index in [0.29, 0.717) is 29.2 Å². The number of thioether (sulfide) groups is 1. The lowest BCUT2D eigenvalue weighted by Gasteiger charge is -2.15. The SMILES string of the molecule is CCOc1cc(/C=C2\SC(=O)N(CCOc3ccc(C)cc3)C2=O)cc(Cl)c1OCc1ccccc1F. The highest BCUT2D eigenvalue weighted by Gasteiger charge is 2.35. The quantitative estimate of drug-likeness (QED) is 0.261. The van der Waals surface area contributed by atoms with Crippen LogP contribution in [0.3, 0.4) is 0 Å². The molecule has 3 aromatic carbocycles. The Morgan fingerprint density at radius 1 is 1.03 bits per heavy atom. The zero-order chi connectivity index (χ0) is 26.4. The minimum Gasteiger partial charge on any atom is -0.492 e. The average molecular weight is 542 g/mol. The molecule has 0 bridgehead atoms. The van der Waals surface area contributed by atoms with Crippen molar-refractivity contribution in [3.8, 4) is 17.2 Å². The standard InChI is InChI=1S/C28H25ClFNO5S/c1-3-34-24-15-19(14-22(29)26(24)36-17-20-6-4-5-7-23(20)30)16-25-27(32)31(28(33)37-25)12-13-35-21-10-8-18(2)9-11-21/h4-11,14-16H,3,12-13,17H2,1-2H3/b25-16-. The Morgan fingerprint density at radius 3 is 2.51 bits per heavy atom. The third kappa shape index (κ3) is 6.64. The topological polar surface area (TPSA) is 65.1 Å².